The van der Waals surface area contributed by atoms with Crippen LogP contribution in [0.4, 0.5) is 0 Å². The Bertz CT molecular complexity index is 206. The number of hydrogen-bond acceptors (Lipinski definition) is 3. The molecule has 62 valence electrons. The molecule has 0 radical (unpaired) electrons. The van der Waals surface area contributed by atoms with E-state index in [1.807, 2.05) is 13.8 Å². The Balaban J connectivity index is 2.56. The van der Waals surface area contributed by atoms with Gasteiger partial charge in [-0.25, -0.2) is 4.99 Å². The summed E-state index contributed by atoms with van der Waals surface area (Å²) in [6.45, 7) is 6.10. The zero-order valence-corrected chi connectivity index (χ0v) is 7.18. The van der Waals surface area contributed by atoms with E-state index in [4.69, 9.17) is 4.74 Å². The van der Waals surface area contributed by atoms with Crippen LogP contribution in [0.3, 0.4) is 0 Å². The van der Waals surface area contributed by atoms with E-state index in [0.717, 1.165) is 0 Å². The van der Waals surface area contributed by atoms with Crippen molar-refractivity contribution in [3.8, 4) is 0 Å². The minimum absolute atomic E-state index is 0.0986. The Morgan fingerprint density at radius 1 is 1.73 bits per heavy atom. The van der Waals surface area contributed by atoms with E-state index in [0.29, 0.717) is 18.9 Å². The number of hydrogen-bond donors (Lipinski definition) is 0. The first-order chi connectivity index (χ1) is 4.99. The Morgan fingerprint density at radius 2 is 2.36 bits per heavy atom. The minimum Gasteiger partial charge on any atom is -0.478 e. The number of carbonyl (C=O) groups excluding carboxylic acids is 1. The van der Waals surface area contributed by atoms with Crippen molar-refractivity contribution >= 4 is 11.7 Å². The van der Waals surface area contributed by atoms with Gasteiger partial charge in [-0.3, -0.25) is 4.79 Å². The van der Waals surface area contributed by atoms with E-state index >= 15 is 0 Å². The smallest absolute Gasteiger partial charge is 0.191 e. The van der Waals surface area contributed by atoms with Gasteiger partial charge in [0.1, 0.15) is 12.4 Å². The summed E-state index contributed by atoms with van der Waals surface area (Å²) in [4.78, 5) is 14.9. The molecule has 0 atom stereocenters. The Labute approximate surface area is 66.5 Å². The molecule has 0 aromatic carbocycles. The van der Waals surface area contributed by atoms with Gasteiger partial charge in [0.05, 0.1) is 12.0 Å². The number of aliphatic imine (C=N–C) groups is 1. The Kier molecular flexibility index (Phi) is 1.98. The number of nitrogens with zero attached hydrogens (tertiary/aromatic N) is 1. The molecule has 3 nitrogen and oxygen atoms in total. The third kappa shape index (κ3) is 2.33. The van der Waals surface area contributed by atoms with Gasteiger partial charge < -0.3 is 4.74 Å². The number of Topliss-reactive ketones (excluding diaryl/α,β-unsaturated/α-hetero) is 1. The fourth-order valence-electron chi connectivity index (χ4n) is 0.966. The van der Waals surface area contributed by atoms with Crippen molar-refractivity contribution < 1.29 is 9.53 Å². The molecule has 0 fully saturated rings. The normalized spacial score (nSPS) is 20.8. The maximum Gasteiger partial charge on any atom is 0.191 e. The molecule has 0 aromatic rings. The van der Waals surface area contributed by atoms with E-state index in [9.17, 15) is 4.79 Å². The van der Waals surface area contributed by atoms with E-state index in [-0.39, 0.29) is 11.3 Å². The van der Waals surface area contributed by atoms with Crippen molar-refractivity contribution in [1.29, 1.82) is 0 Å². The molecule has 0 unspecified atom stereocenters. The van der Waals surface area contributed by atoms with E-state index in [1.54, 1.807) is 0 Å². The molecular weight excluding hydrogens is 142 g/mol. The van der Waals surface area contributed by atoms with Crippen LogP contribution >= 0.6 is 0 Å². The van der Waals surface area contributed by atoms with Gasteiger partial charge in [-0.05, 0) is 20.8 Å². The third-order valence-corrected chi connectivity index (χ3v) is 1.42. The SMILES string of the molecule is CC(=O)CC1=NC(C)(C)CO1. The average molecular weight is 155 g/mol. The summed E-state index contributed by atoms with van der Waals surface area (Å²) in [5.74, 6) is 0.684. The highest BCUT2D eigenvalue weighted by Gasteiger charge is 2.26. The van der Waals surface area contributed by atoms with Crippen molar-refractivity contribution in [3.63, 3.8) is 0 Å². The predicted octanol–water partition coefficient (Wildman–Crippen LogP) is 1.17. The lowest BCUT2D eigenvalue weighted by molar-refractivity contribution is -0.116. The van der Waals surface area contributed by atoms with Crippen LogP contribution in [-0.2, 0) is 9.53 Å². The first-order valence-electron chi connectivity index (χ1n) is 3.70. The van der Waals surface area contributed by atoms with Gasteiger partial charge in [-0.2, -0.15) is 0 Å². The number of carbonyl (C=O) groups is 1. The van der Waals surface area contributed by atoms with Crippen molar-refractivity contribution in [2.75, 3.05) is 6.61 Å². The molecule has 0 aromatic heterocycles. The van der Waals surface area contributed by atoms with E-state index < -0.39 is 0 Å². The van der Waals surface area contributed by atoms with E-state index in [1.165, 1.54) is 6.92 Å². The summed E-state index contributed by atoms with van der Waals surface area (Å²) in [6.07, 6.45) is 0.337. The maximum absolute atomic E-state index is 10.6. The first-order valence-corrected chi connectivity index (χ1v) is 3.70. The fourth-order valence-corrected chi connectivity index (χ4v) is 0.966. The monoisotopic (exact) mass is 155 g/mol. The molecule has 0 spiro atoms. The van der Waals surface area contributed by atoms with Crippen LogP contribution in [0.25, 0.3) is 0 Å². The summed E-state index contributed by atoms with van der Waals surface area (Å²) >= 11 is 0. The van der Waals surface area contributed by atoms with Crippen LogP contribution in [0, 0.1) is 0 Å². The lowest BCUT2D eigenvalue weighted by atomic mass is 10.1. The van der Waals surface area contributed by atoms with Crippen LogP contribution < -0.4 is 0 Å². The van der Waals surface area contributed by atoms with Crippen molar-refractivity contribution in [3.05, 3.63) is 0 Å². The topological polar surface area (TPSA) is 38.7 Å². The lowest BCUT2D eigenvalue weighted by Crippen LogP contribution is -2.17. The molecule has 0 amide bonds. The number of ketones is 1. The second-order valence-electron chi connectivity index (χ2n) is 3.49. The van der Waals surface area contributed by atoms with Gasteiger partial charge in [-0.15, -0.1) is 0 Å². The summed E-state index contributed by atoms with van der Waals surface area (Å²) in [5.41, 5.74) is -0.134. The average Bonchev–Trinajstić information content (AvgIpc) is 2.08. The molecule has 1 heterocycles. The molecule has 1 aliphatic rings. The van der Waals surface area contributed by atoms with Gasteiger partial charge >= 0.3 is 0 Å². The molecule has 0 aliphatic carbocycles. The van der Waals surface area contributed by atoms with Crippen LogP contribution in [0.1, 0.15) is 27.2 Å². The van der Waals surface area contributed by atoms with Crippen LogP contribution in [0.15, 0.2) is 4.99 Å². The van der Waals surface area contributed by atoms with Crippen LogP contribution in [0.5, 0.6) is 0 Å². The summed E-state index contributed by atoms with van der Waals surface area (Å²) < 4.78 is 5.21. The quantitative estimate of drug-likeness (QED) is 0.600. The van der Waals surface area contributed by atoms with Crippen molar-refractivity contribution in [2.24, 2.45) is 4.99 Å². The van der Waals surface area contributed by atoms with Gasteiger partial charge in [0.25, 0.3) is 0 Å². The second kappa shape index (κ2) is 2.64. The van der Waals surface area contributed by atoms with E-state index in [2.05, 4.69) is 4.99 Å². The van der Waals surface area contributed by atoms with Crippen LogP contribution in [0.2, 0.25) is 0 Å². The predicted molar refractivity (Wildman–Crippen MR) is 42.8 cm³/mol. The standard InChI is InChI=1S/C8H13NO2/c1-6(10)4-7-9-8(2,3)5-11-7/h4-5H2,1-3H3. The summed E-state index contributed by atoms with van der Waals surface area (Å²) in [5, 5.41) is 0. The second-order valence-corrected chi connectivity index (χ2v) is 3.49. The molecule has 0 saturated heterocycles. The molecular formula is C8H13NO2. The summed E-state index contributed by atoms with van der Waals surface area (Å²) in [6, 6.07) is 0. The Morgan fingerprint density at radius 3 is 2.73 bits per heavy atom. The highest BCUT2D eigenvalue weighted by Crippen LogP contribution is 2.17. The largest absolute Gasteiger partial charge is 0.478 e. The van der Waals surface area contributed by atoms with Crippen molar-refractivity contribution in [2.45, 2.75) is 32.7 Å². The zero-order chi connectivity index (χ0) is 8.48. The molecule has 0 bridgehead atoms. The first kappa shape index (κ1) is 8.24. The minimum atomic E-state index is -0.134. The molecule has 0 saturated carbocycles. The van der Waals surface area contributed by atoms with Gasteiger partial charge in [-0.1, -0.05) is 0 Å². The fraction of sp³-hybridized carbons (Fsp3) is 0.750. The maximum atomic E-state index is 10.6. The van der Waals surface area contributed by atoms with Crippen LogP contribution in [-0.4, -0.2) is 23.8 Å². The number of rotatable bonds is 2. The highest BCUT2D eigenvalue weighted by molar-refractivity contribution is 5.97. The van der Waals surface area contributed by atoms with Crippen molar-refractivity contribution in [1.82, 2.24) is 0 Å². The van der Waals surface area contributed by atoms with Gasteiger partial charge in [0, 0.05) is 0 Å². The molecule has 3 heteroatoms. The van der Waals surface area contributed by atoms with Gasteiger partial charge in [0.15, 0.2) is 5.90 Å². The molecule has 11 heavy (non-hydrogen) atoms. The zero-order valence-electron chi connectivity index (χ0n) is 7.18. The molecule has 1 rings (SSSR count). The molecule has 1 aliphatic heterocycles. The number of ether oxygens (including phenoxy) is 1. The lowest BCUT2D eigenvalue weighted by Gasteiger charge is -2.07. The third-order valence-electron chi connectivity index (χ3n) is 1.42. The van der Waals surface area contributed by atoms with Gasteiger partial charge in [0.2, 0.25) is 0 Å². The Hall–Kier alpha value is -0.860. The molecule has 0 N–H and O–H groups in total. The summed E-state index contributed by atoms with van der Waals surface area (Å²) in [7, 11) is 0. The highest BCUT2D eigenvalue weighted by atomic mass is 16.5.